The number of amides is 2. The quantitative estimate of drug-likeness (QED) is 0.334. The molecule has 3 N–H and O–H groups in total. The van der Waals surface area contributed by atoms with Crippen molar-refractivity contribution in [1.82, 2.24) is 5.32 Å². The van der Waals surface area contributed by atoms with Gasteiger partial charge in [-0.1, -0.05) is 81.5 Å². The van der Waals surface area contributed by atoms with E-state index < -0.39 is 10.0 Å². The van der Waals surface area contributed by atoms with Gasteiger partial charge in [0.15, 0.2) is 0 Å². The summed E-state index contributed by atoms with van der Waals surface area (Å²) in [4.78, 5) is 12.6. The van der Waals surface area contributed by atoms with E-state index in [-0.39, 0.29) is 17.5 Å². The first kappa shape index (κ1) is 26.0. The average Bonchev–Trinajstić information content (AvgIpc) is 2.77. The van der Waals surface area contributed by atoms with Crippen molar-refractivity contribution in [2.24, 2.45) is 0 Å². The van der Waals surface area contributed by atoms with E-state index in [1.54, 1.807) is 12.1 Å². The van der Waals surface area contributed by atoms with Crippen LogP contribution in [0.3, 0.4) is 0 Å². The first-order valence-electron chi connectivity index (χ1n) is 11.4. The van der Waals surface area contributed by atoms with Gasteiger partial charge < -0.3 is 10.6 Å². The Kier molecular flexibility index (Phi) is 8.02. The number of rotatable bonds is 7. The summed E-state index contributed by atoms with van der Waals surface area (Å²) in [7, 11) is -3.45. The van der Waals surface area contributed by atoms with E-state index in [0.29, 0.717) is 16.9 Å². The zero-order chi connectivity index (χ0) is 25.6. The van der Waals surface area contributed by atoms with Gasteiger partial charge in [-0.2, -0.15) is 0 Å². The SMILES string of the molecule is C[C@@H](NC(=O)Nc1ccc(C(C)(C)C)cc1)c1ccc(NS(C)(=O)=O)c(/C=C\c2ccccc2)c1. The van der Waals surface area contributed by atoms with E-state index in [2.05, 4.69) is 36.1 Å². The van der Waals surface area contributed by atoms with Crippen molar-refractivity contribution >= 4 is 39.6 Å². The van der Waals surface area contributed by atoms with E-state index in [4.69, 9.17) is 0 Å². The zero-order valence-corrected chi connectivity index (χ0v) is 21.6. The Labute approximate surface area is 208 Å². The highest BCUT2D eigenvalue weighted by molar-refractivity contribution is 7.92. The summed E-state index contributed by atoms with van der Waals surface area (Å²) in [6, 6.07) is 22.3. The highest BCUT2D eigenvalue weighted by Crippen LogP contribution is 2.26. The third-order valence-corrected chi connectivity index (χ3v) is 6.07. The van der Waals surface area contributed by atoms with E-state index in [1.165, 1.54) is 5.56 Å². The third kappa shape index (κ3) is 8.00. The molecule has 0 aliphatic heterocycles. The van der Waals surface area contributed by atoms with Gasteiger partial charge >= 0.3 is 6.03 Å². The molecule has 0 radical (unpaired) electrons. The van der Waals surface area contributed by atoms with Crippen LogP contribution in [0.5, 0.6) is 0 Å². The summed E-state index contributed by atoms with van der Waals surface area (Å²) in [6.45, 7) is 8.31. The average molecular weight is 492 g/mol. The molecule has 35 heavy (non-hydrogen) atoms. The Hall–Kier alpha value is -3.58. The second-order valence-corrected chi connectivity index (χ2v) is 11.4. The molecular weight excluding hydrogens is 458 g/mol. The number of anilines is 2. The molecule has 0 unspecified atom stereocenters. The molecule has 0 aliphatic carbocycles. The van der Waals surface area contributed by atoms with E-state index >= 15 is 0 Å². The van der Waals surface area contributed by atoms with Crippen molar-refractivity contribution in [2.75, 3.05) is 16.3 Å². The zero-order valence-electron chi connectivity index (χ0n) is 20.8. The Morgan fingerprint density at radius 2 is 1.57 bits per heavy atom. The molecule has 0 fully saturated rings. The highest BCUT2D eigenvalue weighted by atomic mass is 32.2. The Morgan fingerprint density at radius 3 is 2.17 bits per heavy atom. The normalized spacial score (nSPS) is 12.8. The van der Waals surface area contributed by atoms with Crippen LogP contribution in [0.1, 0.15) is 56.0 Å². The maximum atomic E-state index is 12.6. The molecular formula is C28H33N3O3S. The van der Waals surface area contributed by atoms with Gasteiger partial charge in [-0.3, -0.25) is 4.72 Å². The first-order chi connectivity index (χ1) is 16.4. The summed E-state index contributed by atoms with van der Waals surface area (Å²) >= 11 is 0. The maximum absolute atomic E-state index is 12.6. The van der Waals surface area contributed by atoms with Gasteiger partial charge in [-0.05, 0) is 58.9 Å². The lowest BCUT2D eigenvalue weighted by Crippen LogP contribution is -2.31. The molecule has 0 saturated heterocycles. The molecule has 0 heterocycles. The van der Waals surface area contributed by atoms with Crippen molar-refractivity contribution in [3.8, 4) is 0 Å². The predicted molar refractivity (Wildman–Crippen MR) is 146 cm³/mol. The van der Waals surface area contributed by atoms with Crippen LogP contribution in [-0.4, -0.2) is 20.7 Å². The highest BCUT2D eigenvalue weighted by Gasteiger charge is 2.15. The fourth-order valence-electron chi connectivity index (χ4n) is 3.53. The van der Waals surface area contributed by atoms with Crippen LogP contribution in [0.15, 0.2) is 72.8 Å². The number of hydrogen-bond donors (Lipinski definition) is 3. The lowest BCUT2D eigenvalue weighted by Gasteiger charge is -2.20. The molecule has 2 amide bonds. The molecule has 184 valence electrons. The lowest BCUT2D eigenvalue weighted by molar-refractivity contribution is 0.249. The molecule has 7 heteroatoms. The molecule has 1 atom stereocenters. The number of nitrogens with one attached hydrogen (secondary N) is 3. The molecule has 0 bridgehead atoms. The van der Waals surface area contributed by atoms with Gasteiger partial charge in [0, 0.05) is 5.69 Å². The van der Waals surface area contributed by atoms with E-state index in [9.17, 15) is 13.2 Å². The summed E-state index contributed by atoms with van der Waals surface area (Å²) in [6.07, 6.45) is 4.89. The molecule has 3 aromatic rings. The molecule has 0 aliphatic rings. The van der Waals surface area contributed by atoms with Crippen LogP contribution in [0.4, 0.5) is 16.2 Å². The standard InChI is InChI=1S/C28H33N3O3S/c1-20(29-27(32)30-25-16-14-24(15-17-25)28(2,3)4)22-13-18-26(31-35(5,33)34)23(19-22)12-11-21-9-7-6-8-10-21/h6-20,31H,1-5H3,(H2,29,30,32)/b12-11-/t20-/m1/s1. The Bertz CT molecular complexity index is 1290. The molecule has 3 rings (SSSR count). The van der Waals surface area contributed by atoms with E-state index in [1.807, 2.05) is 79.7 Å². The van der Waals surface area contributed by atoms with Crippen LogP contribution in [0.25, 0.3) is 12.2 Å². The van der Waals surface area contributed by atoms with Gasteiger partial charge in [0.2, 0.25) is 10.0 Å². The second-order valence-electron chi connectivity index (χ2n) is 9.61. The molecule has 3 aromatic carbocycles. The first-order valence-corrected chi connectivity index (χ1v) is 13.3. The lowest BCUT2D eigenvalue weighted by atomic mass is 9.87. The van der Waals surface area contributed by atoms with Crippen LogP contribution in [0.2, 0.25) is 0 Å². The third-order valence-electron chi connectivity index (χ3n) is 5.48. The Balaban J connectivity index is 1.76. The molecule has 0 spiro atoms. The number of carbonyl (C=O) groups excluding carboxylic acids is 1. The van der Waals surface area contributed by atoms with Gasteiger partial charge in [0.05, 0.1) is 18.0 Å². The predicted octanol–water partition coefficient (Wildman–Crippen LogP) is 6.41. The monoisotopic (exact) mass is 491 g/mol. The fourth-order valence-corrected chi connectivity index (χ4v) is 4.12. The number of urea groups is 1. The minimum Gasteiger partial charge on any atom is -0.331 e. The van der Waals surface area contributed by atoms with Crippen molar-refractivity contribution < 1.29 is 13.2 Å². The topological polar surface area (TPSA) is 87.3 Å². The number of hydrogen-bond acceptors (Lipinski definition) is 3. The van der Waals surface area contributed by atoms with Crippen LogP contribution in [-0.2, 0) is 15.4 Å². The van der Waals surface area contributed by atoms with Crippen LogP contribution >= 0.6 is 0 Å². The number of sulfonamides is 1. The number of benzene rings is 3. The maximum Gasteiger partial charge on any atom is 0.319 e. The Morgan fingerprint density at radius 1 is 0.914 bits per heavy atom. The summed E-state index contributed by atoms with van der Waals surface area (Å²) in [5.41, 5.74) is 4.95. The van der Waals surface area contributed by atoms with Crippen LogP contribution < -0.4 is 15.4 Å². The van der Waals surface area contributed by atoms with Gasteiger partial charge in [0.1, 0.15) is 0 Å². The van der Waals surface area contributed by atoms with Crippen molar-refractivity contribution in [3.63, 3.8) is 0 Å². The van der Waals surface area contributed by atoms with Gasteiger partial charge in [-0.15, -0.1) is 0 Å². The van der Waals surface area contributed by atoms with Gasteiger partial charge in [-0.25, -0.2) is 13.2 Å². The summed E-state index contributed by atoms with van der Waals surface area (Å²) in [5, 5.41) is 5.81. The van der Waals surface area contributed by atoms with Gasteiger partial charge in [0.25, 0.3) is 0 Å². The van der Waals surface area contributed by atoms with Crippen LogP contribution in [0, 0.1) is 0 Å². The minimum atomic E-state index is -3.45. The van der Waals surface area contributed by atoms with E-state index in [0.717, 1.165) is 17.4 Å². The second kappa shape index (κ2) is 10.8. The molecule has 0 saturated carbocycles. The summed E-state index contributed by atoms with van der Waals surface area (Å²) < 4.78 is 26.2. The fraction of sp³-hybridized carbons (Fsp3) is 0.250. The van der Waals surface area contributed by atoms with Crippen molar-refractivity contribution in [1.29, 1.82) is 0 Å². The summed E-state index contributed by atoms with van der Waals surface area (Å²) in [5.74, 6) is 0. The van der Waals surface area contributed by atoms with Crippen molar-refractivity contribution in [3.05, 3.63) is 95.1 Å². The molecule has 0 aromatic heterocycles. The smallest absolute Gasteiger partial charge is 0.319 e. The number of carbonyl (C=O) groups is 1. The van der Waals surface area contributed by atoms with Crippen molar-refractivity contribution in [2.45, 2.75) is 39.2 Å². The minimum absolute atomic E-state index is 0.0418. The molecule has 6 nitrogen and oxygen atoms in total. The largest absolute Gasteiger partial charge is 0.331 e.